The fourth-order valence-electron chi connectivity index (χ4n) is 4.01. The number of methoxy groups -OCH3 is 2. The lowest BCUT2D eigenvalue weighted by molar-refractivity contribution is 0.186. The van der Waals surface area contributed by atoms with Crippen molar-refractivity contribution in [3.8, 4) is 17.1 Å². The summed E-state index contributed by atoms with van der Waals surface area (Å²) in [6.07, 6.45) is 1.99. The van der Waals surface area contributed by atoms with Gasteiger partial charge in [0.25, 0.3) is 5.56 Å². The minimum Gasteiger partial charge on any atom is -0.497 e. The summed E-state index contributed by atoms with van der Waals surface area (Å²) in [5.41, 5.74) is 4.66. The van der Waals surface area contributed by atoms with Crippen LogP contribution in [0, 0.1) is 13.8 Å². The first-order chi connectivity index (χ1) is 14.0. The zero-order chi connectivity index (χ0) is 21.1. The standard InChI is InChI=1S/C23H31N3O3/c1-7-17(8-2)20-14-16(4)26-21(20)23(27)25(11-12-28-5)22(24-26)19-10-9-18(29-6)13-15(19)3/h9-10,13-14,17H,7-8,11-12H2,1-6H3. The van der Waals surface area contributed by atoms with E-state index in [0.29, 0.717) is 30.4 Å². The molecule has 0 aliphatic heterocycles. The van der Waals surface area contributed by atoms with Crippen LogP contribution < -0.4 is 10.3 Å². The second-order valence-electron chi connectivity index (χ2n) is 7.47. The third-order valence-electron chi connectivity index (χ3n) is 5.70. The maximum atomic E-state index is 13.7. The minimum atomic E-state index is -0.0164. The lowest BCUT2D eigenvalue weighted by atomic mass is 9.95. The lowest BCUT2D eigenvalue weighted by Crippen LogP contribution is -2.28. The van der Waals surface area contributed by atoms with Crippen LogP contribution in [0.15, 0.2) is 29.1 Å². The van der Waals surface area contributed by atoms with Crippen LogP contribution in [-0.4, -0.2) is 35.0 Å². The lowest BCUT2D eigenvalue weighted by Gasteiger charge is -2.17. The largest absolute Gasteiger partial charge is 0.497 e. The molecule has 3 rings (SSSR count). The summed E-state index contributed by atoms with van der Waals surface area (Å²) in [7, 11) is 3.29. The predicted molar refractivity (Wildman–Crippen MR) is 116 cm³/mol. The summed E-state index contributed by atoms with van der Waals surface area (Å²) < 4.78 is 14.2. The molecule has 6 heteroatoms. The highest BCUT2D eigenvalue weighted by Crippen LogP contribution is 2.30. The molecule has 156 valence electrons. The van der Waals surface area contributed by atoms with E-state index in [1.807, 2.05) is 36.6 Å². The van der Waals surface area contributed by atoms with Crippen molar-refractivity contribution in [1.29, 1.82) is 0 Å². The number of aryl methyl sites for hydroxylation is 2. The van der Waals surface area contributed by atoms with Gasteiger partial charge in [-0.1, -0.05) is 13.8 Å². The molecular weight excluding hydrogens is 366 g/mol. The van der Waals surface area contributed by atoms with E-state index in [0.717, 1.165) is 41.0 Å². The fourth-order valence-corrected chi connectivity index (χ4v) is 4.01. The Bertz CT molecular complexity index is 1060. The average molecular weight is 398 g/mol. The Morgan fingerprint density at radius 3 is 2.41 bits per heavy atom. The summed E-state index contributed by atoms with van der Waals surface area (Å²) >= 11 is 0. The monoisotopic (exact) mass is 397 g/mol. The van der Waals surface area contributed by atoms with Gasteiger partial charge in [-0.15, -0.1) is 5.10 Å². The Hall–Kier alpha value is -2.60. The molecule has 0 saturated heterocycles. The molecule has 0 fully saturated rings. The maximum Gasteiger partial charge on any atom is 0.278 e. The van der Waals surface area contributed by atoms with E-state index in [-0.39, 0.29) is 5.56 Å². The second-order valence-corrected chi connectivity index (χ2v) is 7.47. The van der Waals surface area contributed by atoms with Crippen molar-refractivity contribution in [2.75, 3.05) is 20.8 Å². The normalized spacial score (nSPS) is 11.6. The van der Waals surface area contributed by atoms with E-state index in [2.05, 4.69) is 19.9 Å². The molecule has 0 amide bonds. The zero-order valence-corrected chi connectivity index (χ0v) is 18.3. The van der Waals surface area contributed by atoms with E-state index in [1.54, 1.807) is 18.8 Å². The van der Waals surface area contributed by atoms with Crippen LogP contribution in [0.2, 0.25) is 0 Å². The zero-order valence-electron chi connectivity index (χ0n) is 18.3. The summed E-state index contributed by atoms with van der Waals surface area (Å²) in [5, 5.41) is 4.93. The smallest absolute Gasteiger partial charge is 0.278 e. The number of aromatic nitrogens is 3. The van der Waals surface area contributed by atoms with E-state index in [4.69, 9.17) is 14.6 Å². The van der Waals surface area contributed by atoms with Crippen LogP contribution in [0.3, 0.4) is 0 Å². The summed E-state index contributed by atoms with van der Waals surface area (Å²) in [6, 6.07) is 7.94. The van der Waals surface area contributed by atoms with Crippen molar-refractivity contribution in [2.24, 2.45) is 0 Å². The van der Waals surface area contributed by atoms with E-state index >= 15 is 0 Å². The van der Waals surface area contributed by atoms with Gasteiger partial charge in [0.2, 0.25) is 0 Å². The highest BCUT2D eigenvalue weighted by molar-refractivity contribution is 5.65. The van der Waals surface area contributed by atoms with E-state index in [9.17, 15) is 4.79 Å². The van der Waals surface area contributed by atoms with Gasteiger partial charge in [-0.3, -0.25) is 9.36 Å². The van der Waals surface area contributed by atoms with Gasteiger partial charge in [-0.25, -0.2) is 4.52 Å². The van der Waals surface area contributed by atoms with Crippen LogP contribution >= 0.6 is 0 Å². The number of hydrogen-bond donors (Lipinski definition) is 0. The molecule has 6 nitrogen and oxygen atoms in total. The maximum absolute atomic E-state index is 13.7. The van der Waals surface area contributed by atoms with Gasteiger partial charge in [-0.2, -0.15) is 0 Å². The Labute approximate surface area is 172 Å². The molecule has 0 aliphatic rings. The van der Waals surface area contributed by atoms with Crippen LogP contribution in [0.4, 0.5) is 0 Å². The molecule has 2 heterocycles. The van der Waals surface area contributed by atoms with Crippen LogP contribution in [0.1, 0.15) is 49.4 Å². The summed E-state index contributed by atoms with van der Waals surface area (Å²) in [4.78, 5) is 13.7. The van der Waals surface area contributed by atoms with Gasteiger partial charge in [0, 0.05) is 18.4 Å². The SMILES string of the molecule is CCC(CC)c1cc(C)n2nc(-c3ccc(OC)cc3C)n(CCOC)c(=O)c12. The molecule has 0 atom stereocenters. The Kier molecular flexibility index (Phi) is 6.42. The molecule has 0 radical (unpaired) electrons. The quantitative estimate of drug-likeness (QED) is 0.567. The average Bonchev–Trinajstić information content (AvgIpc) is 3.04. The molecule has 0 aliphatic carbocycles. The third kappa shape index (κ3) is 3.81. The van der Waals surface area contributed by atoms with Gasteiger partial charge in [0.1, 0.15) is 11.3 Å². The van der Waals surface area contributed by atoms with Crippen molar-refractivity contribution in [3.05, 3.63) is 51.4 Å². The number of nitrogens with zero attached hydrogens (tertiary/aromatic N) is 3. The summed E-state index contributed by atoms with van der Waals surface area (Å²) in [6.45, 7) is 9.24. The number of ether oxygens (including phenoxy) is 2. The van der Waals surface area contributed by atoms with Gasteiger partial charge < -0.3 is 9.47 Å². The van der Waals surface area contributed by atoms with Crippen molar-refractivity contribution < 1.29 is 9.47 Å². The molecule has 0 unspecified atom stereocenters. The van der Waals surface area contributed by atoms with Gasteiger partial charge in [0.15, 0.2) is 5.82 Å². The first kappa shape index (κ1) is 21.1. The molecular formula is C23H31N3O3. The second kappa shape index (κ2) is 8.82. The predicted octanol–water partition coefficient (Wildman–Crippen LogP) is 4.34. The molecule has 1 aromatic carbocycles. The molecule has 0 spiro atoms. The van der Waals surface area contributed by atoms with Crippen molar-refractivity contribution in [2.45, 2.75) is 53.0 Å². The topological polar surface area (TPSA) is 57.8 Å². The van der Waals surface area contributed by atoms with Gasteiger partial charge in [-0.05, 0) is 68.0 Å². The first-order valence-corrected chi connectivity index (χ1v) is 10.2. The number of hydrogen-bond acceptors (Lipinski definition) is 4. The first-order valence-electron chi connectivity index (χ1n) is 10.2. The molecule has 29 heavy (non-hydrogen) atoms. The van der Waals surface area contributed by atoms with E-state index in [1.165, 1.54) is 0 Å². The van der Waals surface area contributed by atoms with Crippen LogP contribution in [-0.2, 0) is 11.3 Å². The Morgan fingerprint density at radius 2 is 1.83 bits per heavy atom. The Balaban J connectivity index is 2.33. The number of rotatable bonds is 8. The van der Waals surface area contributed by atoms with Crippen LogP contribution in [0.25, 0.3) is 16.9 Å². The highest BCUT2D eigenvalue weighted by atomic mass is 16.5. The van der Waals surface area contributed by atoms with Gasteiger partial charge in [0.05, 0.1) is 20.3 Å². The van der Waals surface area contributed by atoms with E-state index < -0.39 is 0 Å². The van der Waals surface area contributed by atoms with Crippen molar-refractivity contribution >= 4 is 5.52 Å². The third-order valence-corrected chi connectivity index (χ3v) is 5.70. The van der Waals surface area contributed by atoms with Crippen molar-refractivity contribution in [3.63, 3.8) is 0 Å². The molecule has 0 saturated carbocycles. The fraction of sp³-hybridized carbons (Fsp3) is 0.478. The molecule has 0 N–H and O–H groups in total. The number of fused-ring (bicyclic) bond motifs is 1. The Morgan fingerprint density at radius 1 is 1.10 bits per heavy atom. The van der Waals surface area contributed by atoms with Crippen LogP contribution in [0.5, 0.6) is 5.75 Å². The van der Waals surface area contributed by atoms with Gasteiger partial charge >= 0.3 is 0 Å². The van der Waals surface area contributed by atoms with Crippen molar-refractivity contribution in [1.82, 2.24) is 14.2 Å². The molecule has 2 aromatic heterocycles. The molecule has 0 bridgehead atoms. The highest BCUT2D eigenvalue weighted by Gasteiger charge is 2.22. The molecule has 3 aromatic rings. The summed E-state index contributed by atoms with van der Waals surface area (Å²) in [5.74, 6) is 1.78. The minimum absolute atomic E-state index is 0.0164. The number of benzene rings is 1.